The largest absolute Gasteiger partial charge is 0.466 e. The van der Waals surface area contributed by atoms with Crippen molar-refractivity contribution >= 4 is 11.9 Å². The van der Waals surface area contributed by atoms with Gasteiger partial charge in [-0.2, -0.15) is 0 Å². The van der Waals surface area contributed by atoms with Gasteiger partial charge in [0.1, 0.15) is 0 Å². The van der Waals surface area contributed by atoms with Crippen LogP contribution in [0.4, 0.5) is 0 Å². The second-order valence-electron chi connectivity index (χ2n) is 17.9. The highest BCUT2D eigenvalue weighted by molar-refractivity contribution is 5.76. The van der Waals surface area contributed by atoms with E-state index < -0.39 is 12.1 Å². The smallest absolute Gasteiger partial charge is 0.305 e. The first-order chi connectivity index (χ1) is 28.5. The molecule has 0 saturated heterocycles. The van der Waals surface area contributed by atoms with E-state index in [2.05, 4.69) is 31.3 Å². The highest BCUT2D eigenvalue weighted by Gasteiger charge is 2.20. The third kappa shape index (κ3) is 44.2. The van der Waals surface area contributed by atoms with Crippen molar-refractivity contribution in [2.75, 3.05) is 13.2 Å². The number of unbranched alkanes of at least 4 members (excludes halogenated alkanes) is 35. The maximum absolute atomic E-state index is 12.4. The molecule has 0 aromatic carbocycles. The number of esters is 1. The number of nitrogens with one attached hydrogen (secondary N) is 1. The second kappa shape index (κ2) is 48.3. The fourth-order valence-corrected chi connectivity index (χ4v) is 8.05. The van der Waals surface area contributed by atoms with Crippen molar-refractivity contribution in [1.82, 2.24) is 5.32 Å². The summed E-state index contributed by atoms with van der Waals surface area (Å²) in [5.41, 5.74) is 0. The van der Waals surface area contributed by atoms with Crippen LogP contribution in [0.15, 0.2) is 12.2 Å². The fraction of sp³-hybridized carbons (Fsp3) is 0.923. The van der Waals surface area contributed by atoms with Crippen LogP contribution in [0, 0.1) is 0 Å². The first kappa shape index (κ1) is 56.6. The van der Waals surface area contributed by atoms with Crippen LogP contribution in [0.1, 0.15) is 284 Å². The second-order valence-corrected chi connectivity index (χ2v) is 17.9. The van der Waals surface area contributed by atoms with E-state index in [1.165, 1.54) is 199 Å². The molecule has 344 valence electrons. The van der Waals surface area contributed by atoms with E-state index in [0.717, 1.165) is 51.4 Å². The molecule has 0 aliphatic rings. The monoisotopic (exact) mass is 820 g/mol. The number of ether oxygens (including phenoxy) is 1. The molecule has 0 aliphatic carbocycles. The van der Waals surface area contributed by atoms with Crippen molar-refractivity contribution in [3.8, 4) is 0 Å². The van der Waals surface area contributed by atoms with Crippen LogP contribution in [0.3, 0.4) is 0 Å². The number of rotatable bonds is 48. The lowest BCUT2D eigenvalue weighted by molar-refractivity contribution is -0.143. The maximum atomic E-state index is 12.4. The number of carbonyl (C=O) groups excluding carboxylic acids is 2. The van der Waals surface area contributed by atoms with E-state index >= 15 is 0 Å². The Kier molecular flexibility index (Phi) is 47.1. The van der Waals surface area contributed by atoms with Gasteiger partial charge in [-0.05, 0) is 51.4 Å². The molecule has 0 bridgehead atoms. The molecule has 0 spiro atoms. The highest BCUT2D eigenvalue weighted by atomic mass is 16.5. The lowest BCUT2D eigenvalue weighted by Gasteiger charge is -2.22. The molecule has 0 aromatic heterocycles. The SMILES string of the molecule is CCCCCCC/C=C\CCCCCCCC(=O)OCCCCCCCCCCCCCCCCCC(=O)NC(CO)C(O)CCCCCCCCCCCCCC. The molecular weight excluding hydrogens is 719 g/mol. The Balaban J connectivity index is 3.42. The summed E-state index contributed by atoms with van der Waals surface area (Å²) >= 11 is 0. The summed E-state index contributed by atoms with van der Waals surface area (Å²) in [5.74, 6) is -0.0516. The van der Waals surface area contributed by atoms with Crippen LogP contribution >= 0.6 is 0 Å². The minimum atomic E-state index is -0.668. The van der Waals surface area contributed by atoms with Crippen molar-refractivity contribution < 1.29 is 24.5 Å². The summed E-state index contributed by atoms with van der Waals surface area (Å²) in [6.07, 6.45) is 54.6. The number of hydrogen-bond donors (Lipinski definition) is 3. The predicted octanol–water partition coefficient (Wildman–Crippen LogP) is 15.3. The van der Waals surface area contributed by atoms with Gasteiger partial charge in [-0.25, -0.2) is 0 Å². The third-order valence-electron chi connectivity index (χ3n) is 12.1. The molecule has 0 fully saturated rings. The van der Waals surface area contributed by atoms with Gasteiger partial charge < -0.3 is 20.3 Å². The normalized spacial score (nSPS) is 12.7. The van der Waals surface area contributed by atoms with E-state index in [9.17, 15) is 19.8 Å². The highest BCUT2D eigenvalue weighted by Crippen LogP contribution is 2.16. The molecule has 6 nitrogen and oxygen atoms in total. The number of carbonyl (C=O) groups is 2. The van der Waals surface area contributed by atoms with Crippen molar-refractivity contribution in [2.24, 2.45) is 0 Å². The zero-order chi connectivity index (χ0) is 42.3. The predicted molar refractivity (Wildman–Crippen MR) is 250 cm³/mol. The van der Waals surface area contributed by atoms with Gasteiger partial charge in [-0.1, -0.05) is 231 Å². The van der Waals surface area contributed by atoms with Gasteiger partial charge in [-0.15, -0.1) is 0 Å². The maximum Gasteiger partial charge on any atom is 0.305 e. The van der Waals surface area contributed by atoms with Crippen molar-refractivity contribution in [2.45, 2.75) is 296 Å². The topological polar surface area (TPSA) is 95.9 Å². The molecule has 2 unspecified atom stereocenters. The molecule has 0 aliphatic heterocycles. The molecule has 0 rings (SSSR count). The molecule has 0 aromatic rings. The number of hydrogen-bond acceptors (Lipinski definition) is 5. The Hall–Kier alpha value is -1.40. The van der Waals surface area contributed by atoms with E-state index in [1.54, 1.807) is 0 Å². The standard InChI is InChI=1S/C52H101NO5/c1-3-5-7-9-11-13-15-17-22-26-30-34-38-42-46-52(57)58-47-43-39-35-31-27-23-20-18-19-21-25-29-33-37-41-45-51(56)53-49(48-54)50(55)44-40-36-32-28-24-16-14-12-10-8-6-4-2/h15,17,49-50,54-55H,3-14,16,18-48H2,1-2H3,(H,53,56)/b17-15-. The first-order valence-corrected chi connectivity index (χ1v) is 25.9. The average Bonchev–Trinajstić information content (AvgIpc) is 3.22. The first-order valence-electron chi connectivity index (χ1n) is 25.9. The number of aliphatic hydroxyl groups excluding tert-OH is 2. The van der Waals surface area contributed by atoms with Gasteiger partial charge in [-0.3, -0.25) is 9.59 Å². The molecule has 0 heterocycles. The molecule has 3 N–H and O–H groups in total. The summed E-state index contributed by atoms with van der Waals surface area (Å²) in [4.78, 5) is 24.4. The van der Waals surface area contributed by atoms with Crippen LogP contribution in [-0.4, -0.2) is 47.4 Å². The van der Waals surface area contributed by atoms with Gasteiger partial charge in [0.25, 0.3) is 0 Å². The van der Waals surface area contributed by atoms with Gasteiger partial charge in [0.15, 0.2) is 0 Å². The van der Waals surface area contributed by atoms with E-state index in [-0.39, 0.29) is 18.5 Å². The molecule has 0 saturated carbocycles. The van der Waals surface area contributed by atoms with Gasteiger partial charge >= 0.3 is 5.97 Å². The van der Waals surface area contributed by atoms with E-state index in [4.69, 9.17) is 4.74 Å². The van der Waals surface area contributed by atoms with Crippen LogP contribution < -0.4 is 5.32 Å². The zero-order valence-corrected chi connectivity index (χ0v) is 39.0. The van der Waals surface area contributed by atoms with Gasteiger partial charge in [0.2, 0.25) is 5.91 Å². The Bertz CT molecular complexity index is 863. The molecule has 0 radical (unpaired) electrons. The molecule has 1 amide bonds. The molecule has 58 heavy (non-hydrogen) atoms. The molecular formula is C52H101NO5. The van der Waals surface area contributed by atoms with Gasteiger partial charge in [0.05, 0.1) is 25.4 Å². The van der Waals surface area contributed by atoms with Crippen molar-refractivity contribution in [3.63, 3.8) is 0 Å². The van der Waals surface area contributed by atoms with Crippen LogP contribution in [0.2, 0.25) is 0 Å². The Morgan fingerprint density at radius 1 is 0.466 bits per heavy atom. The van der Waals surface area contributed by atoms with Crippen LogP contribution in [-0.2, 0) is 14.3 Å². The van der Waals surface area contributed by atoms with Gasteiger partial charge in [0, 0.05) is 12.8 Å². The minimum Gasteiger partial charge on any atom is -0.466 e. The van der Waals surface area contributed by atoms with Crippen molar-refractivity contribution in [3.05, 3.63) is 12.2 Å². The van der Waals surface area contributed by atoms with Crippen molar-refractivity contribution in [1.29, 1.82) is 0 Å². The summed E-state index contributed by atoms with van der Waals surface area (Å²) in [5, 5.41) is 23.2. The Morgan fingerprint density at radius 2 is 0.810 bits per heavy atom. The molecule has 2 atom stereocenters. The third-order valence-corrected chi connectivity index (χ3v) is 12.1. The van der Waals surface area contributed by atoms with E-state index in [0.29, 0.717) is 25.9 Å². The minimum absolute atomic E-state index is 0.00777. The number of aliphatic hydroxyl groups is 2. The lowest BCUT2D eigenvalue weighted by atomic mass is 10.0. The zero-order valence-electron chi connectivity index (χ0n) is 39.0. The molecule has 6 heteroatoms. The average molecular weight is 820 g/mol. The van der Waals surface area contributed by atoms with Crippen LogP contribution in [0.25, 0.3) is 0 Å². The van der Waals surface area contributed by atoms with Crippen LogP contribution in [0.5, 0.6) is 0 Å². The summed E-state index contributed by atoms with van der Waals surface area (Å²) in [6, 6.07) is -0.546. The lowest BCUT2D eigenvalue weighted by Crippen LogP contribution is -2.45. The summed E-state index contributed by atoms with van der Waals surface area (Å²) in [7, 11) is 0. The fourth-order valence-electron chi connectivity index (χ4n) is 8.05. The number of allylic oxidation sites excluding steroid dienone is 2. The summed E-state index contributed by atoms with van der Waals surface area (Å²) < 4.78 is 5.46. The van der Waals surface area contributed by atoms with E-state index in [1.807, 2.05) is 0 Å². The Labute approximate surface area is 361 Å². The Morgan fingerprint density at radius 3 is 1.22 bits per heavy atom. The number of amides is 1. The quantitative estimate of drug-likeness (QED) is 0.0323. The summed E-state index contributed by atoms with van der Waals surface area (Å²) in [6.45, 7) is 4.92.